The highest BCUT2D eigenvalue weighted by Crippen LogP contribution is 2.42. The molecule has 0 bridgehead atoms. The quantitative estimate of drug-likeness (QED) is 0.216. The number of aliphatic hydroxyl groups excluding tert-OH is 1. The minimum atomic E-state index is -3.46. The molecule has 0 spiro atoms. The van der Waals surface area contributed by atoms with Crippen LogP contribution in [0.1, 0.15) is 48.6 Å². The third kappa shape index (κ3) is 5.29. The molecule has 2 N–H and O–H groups in total. The van der Waals surface area contributed by atoms with Crippen molar-refractivity contribution in [2.24, 2.45) is 5.92 Å². The number of aromatic amines is 1. The summed E-state index contributed by atoms with van der Waals surface area (Å²) in [5.74, 6) is 0.494. The van der Waals surface area contributed by atoms with Crippen LogP contribution in [0.5, 0.6) is 0 Å². The van der Waals surface area contributed by atoms with Gasteiger partial charge < -0.3 is 10.1 Å². The van der Waals surface area contributed by atoms with Gasteiger partial charge in [0, 0.05) is 16.1 Å². The summed E-state index contributed by atoms with van der Waals surface area (Å²) in [6.45, 7) is -0.331. The van der Waals surface area contributed by atoms with Gasteiger partial charge in [-0.2, -0.15) is 5.26 Å². The summed E-state index contributed by atoms with van der Waals surface area (Å²) < 4.78 is 25.6. The number of benzene rings is 3. The minimum absolute atomic E-state index is 0.0860. The summed E-state index contributed by atoms with van der Waals surface area (Å²) in [4.78, 5) is 7.99. The van der Waals surface area contributed by atoms with E-state index < -0.39 is 15.8 Å². The van der Waals surface area contributed by atoms with Crippen molar-refractivity contribution in [3.63, 3.8) is 0 Å². The van der Waals surface area contributed by atoms with Crippen molar-refractivity contribution in [3.05, 3.63) is 80.6 Å². The molecule has 3 aromatic carbocycles. The van der Waals surface area contributed by atoms with E-state index in [4.69, 9.17) is 34.8 Å². The molecule has 1 aliphatic rings. The summed E-state index contributed by atoms with van der Waals surface area (Å²) in [6.07, 6.45) is 3.95. The molecule has 196 valence electrons. The van der Waals surface area contributed by atoms with Gasteiger partial charge in [-0.15, -0.1) is 0 Å². The van der Waals surface area contributed by atoms with Gasteiger partial charge in [0.25, 0.3) is 0 Å². The van der Waals surface area contributed by atoms with E-state index in [1.807, 2.05) is 0 Å². The third-order valence-electron chi connectivity index (χ3n) is 6.95. The second-order valence-electron chi connectivity index (χ2n) is 9.55. The fourth-order valence-corrected chi connectivity index (χ4v) is 7.15. The first kappa shape index (κ1) is 27.0. The molecule has 1 fully saturated rings. The maximum Gasteiger partial charge on any atom is 0.178 e. The second kappa shape index (κ2) is 10.9. The summed E-state index contributed by atoms with van der Waals surface area (Å²) in [6, 6.07) is 15.4. The molecule has 38 heavy (non-hydrogen) atoms. The fraction of sp³-hybridized carbons (Fsp3) is 0.286. The van der Waals surface area contributed by atoms with Crippen molar-refractivity contribution >= 4 is 55.7 Å². The first-order valence-electron chi connectivity index (χ1n) is 12.2. The molecule has 0 aliphatic heterocycles. The van der Waals surface area contributed by atoms with Gasteiger partial charge in [-0.25, -0.2) is 13.4 Å². The lowest BCUT2D eigenvalue weighted by Crippen LogP contribution is -2.11. The average molecular weight is 589 g/mol. The maximum atomic E-state index is 12.8. The minimum Gasteiger partial charge on any atom is -0.395 e. The highest BCUT2D eigenvalue weighted by molar-refractivity contribution is 7.91. The number of H-pyrrole nitrogens is 1. The van der Waals surface area contributed by atoms with E-state index in [-0.39, 0.29) is 27.3 Å². The van der Waals surface area contributed by atoms with Gasteiger partial charge in [0.15, 0.2) is 9.84 Å². The van der Waals surface area contributed by atoms with Crippen molar-refractivity contribution in [1.82, 2.24) is 9.97 Å². The van der Waals surface area contributed by atoms with Crippen LogP contribution in [0.2, 0.25) is 15.1 Å². The number of nitrogens with zero attached hydrogens (tertiary/aromatic N) is 2. The number of hydrogen-bond donors (Lipinski definition) is 2. The van der Waals surface area contributed by atoms with E-state index in [2.05, 4.69) is 16.0 Å². The van der Waals surface area contributed by atoms with Crippen LogP contribution in [0.3, 0.4) is 0 Å². The average Bonchev–Trinajstić information content (AvgIpc) is 3.62. The summed E-state index contributed by atoms with van der Waals surface area (Å²) in [5.41, 5.74) is 3.02. The zero-order valence-corrected chi connectivity index (χ0v) is 23.3. The Morgan fingerprint density at radius 3 is 2.55 bits per heavy atom. The first-order chi connectivity index (χ1) is 18.2. The van der Waals surface area contributed by atoms with Gasteiger partial charge in [-0.05, 0) is 48.6 Å². The number of aliphatic hydroxyl groups is 1. The Labute approximate surface area is 236 Å². The predicted octanol–water partition coefficient (Wildman–Crippen LogP) is 7.15. The molecular formula is C28H24Cl3N3O3S. The maximum absolute atomic E-state index is 12.8. The van der Waals surface area contributed by atoms with E-state index in [0.717, 1.165) is 6.42 Å². The monoisotopic (exact) mass is 587 g/mol. The number of fused-ring (bicyclic) bond motifs is 1. The van der Waals surface area contributed by atoms with Crippen LogP contribution in [-0.2, 0) is 9.84 Å². The van der Waals surface area contributed by atoms with Crippen molar-refractivity contribution in [2.75, 3.05) is 12.4 Å². The number of hydrogen-bond acceptors (Lipinski definition) is 5. The van der Waals surface area contributed by atoms with Gasteiger partial charge in [0.2, 0.25) is 0 Å². The SMILES string of the molecule is N#Cc1ccccc1-c1c(Cl)cc2[nH]c(C(CO)c3ccc(S(=O)(=O)CCCC4CC4)cc3Cl)nc2c1Cl. The van der Waals surface area contributed by atoms with Crippen LogP contribution in [-0.4, -0.2) is 35.9 Å². The lowest BCUT2D eigenvalue weighted by molar-refractivity contribution is 0.277. The number of nitrogens with one attached hydrogen (secondary N) is 1. The smallest absolute Gasteiger partial charge is 0.178 e. The summed E-state index contributed by atoms with van der Waals surface area (Å²) >= 11 is 19.9. The Bertz CT molecular complexity index is 1670. The van der Waals surface area contributed by atoms with Crippen LogP contribution in [0.15, 0.2) is 53.4 Å². The highest BCUT2D eigenvalue weighted by atomic mass is 35.5. The van der Waals surface area contributed by atoms with Crippen molar-refractivity contribution in [1.29, 1.82) is 5.26 Å². The molecule has 1 heterocycles. The highest BCUT2D eigenvalue weighted by Gasteiger charge is 2.26. The van der Waals surface area contributed by atoms with Gasteiger partial charge in [0.05, 0.1) is 50.4 Å². The molecule has 1 atom stereocenters. The molecule has 4 aromatic rings. The summed E-state index contributed by atoms with van der Waals surface area (Å²) in [7, 11) is -3.46. The first-order valence-corrected chi connectivity index (χ1v) is 15.0. The Balaban J connectivity index is 1.49. The Morgan fingerprint density at radius 1 is 1.11 bits per heavy atom. The largest absolute Gasteiger partial charge is 0.395 e. The van der Waals surface area contributed by atoms with Gasteiger partial charge >= 0.3 is 0 Å². The Morgan fingerprint density at radius 2 is 1.87 bits per heavy atom. The van der Waals surface area contributed by atoms with E-state index >= 15 is 0 Å². The lowest BCUT2D eigenvalue weighted by Gasteiger charge is -2.15. The molecule has 0 radical (unpaired) electrons. The molecule has 5 rings (SSSR count). The number of sulfone groups is 1. The number of imidazole rings is 1. The van der Waals surface area contributed by atoms with Crippen LogP contribution in [0, 0.1) is 17.2 Å². The normalized spacial score (nSPS) is 14.5. The molecule has 10 heteroatoms. The predicted molar refractivity (Wildman–Crippen MR) is 151 cm³/mol. The Kier molecular flexibility index (Phi) is 7.72. The second-order valence-corrected chi connectivity index (χ2v) is 12.8. The van der Waals surface area contributed by atoms with E-state index in [0.29, 0.717) is 56.5 Å². The van der Waals surface area contributed by atoms with Crippen LogP contribution < -0.4 is 0 Å². The number of rotatable bonds is 9. The Hall–Kier alpha value is -2.60. The van der Waals surface area contributed by atoms with E-state index in [1.165, 1.54) is 25.0 Å². The van der Waals surface area contributed by atoms with E-state index in [1.54, 1.807) is 36.4 Å². The summed E-state index contributed by atoms with van der Waals surface area (Å²) in [5, 5.41) is 20.7. The number of halogens is 3. The van der Waals surface area contributed by atoms with Crippen molar-refractivity contribution < 1.29 is 13.5 Å². The molecule has 0 amide bonds. The van der Waals surface area contributed by atoms with Crippen molar-refractivity contribution in [2.45, 2.75) is 36.5 Å². The zero-order chi connectivity index (χ0) is 27.0. The van der Waals surface area contributed by atoms with E-state index in [9.17, 15) is 18.8 Å². The standard InChI is InChI=1S/C28H24Cl3N3O3S/c29-22-12-18(38(36,37)11-3-4-16-7-8-16)9-10-20(22)21(15-35)28-33-24-13-23(30)25(26(31)27(24)34-28)19-6-2-1-5-17(19)14-32/h1-2,5-6,9-10,12-13,16,21,35H,3-4,7-8,11,15H2,(H,33,34). The topological polar surface area (TPSA) is 107 Å². The molecule has 0 saturated heterocycles. The lowest BCUT2D eigenvalue weighted by atomic mass is 9.99. The molecule has 1 saturated carbocycles. The van der Waals surface area contributed by atoms with Crippen molar-refractivity contribution in [3.8, 4) is 17.2 Å². The molecule has 1 aromatic heterocycles. The third-order valence-corrected chi connectivity index (χ3v) is 9.74. The molecule has 6 nitrogen and oxygen atoms in total. The molecule has 1 aliphatic carbocycles. The molecule has 1 unspecified atom stereocenters. The van der Waals surface area contributed by atoms with Gasteiger partial charge in [-0.1, -0.05) is 71.9 Å². The van der Waals surface area contributed by atoms with Crippen LogP contribution in [0.25, 0.3) is 22.2 Å². The fourth-order valence-electron chi connectivity index (χ4n) is 4.71. The molecular weight excluding hydrogens is 565 g/mol. The zero-order valence-electron chi connectivity index (χ0n) is 20.2. The van der Waals surface area contributed by atoms with Gasteiger partial charge in [0.1, 0.15) is 11.3 Å². The number of nitriles is 1. The van der Waals surface area contributed by atoms with Crippen LogP contribution in [0.4, 0.5) is 0 Å². The number of aromatic nitrogens is 2. The van der Waals surface area contributed by atoms with Crippen LogP contribution >= 0.6 is 34.8 Å². The van der Waals surface area contributed by atoms with Gasteiger partial charge in [-0.3, -0.25) is 0 Å².